The monoisotopic (exact) mass is 595 g/mol. The molecule has 13 heteroatoms. The van der Waals surface area contributed by atoms with Crippen LogP contribution in [-0.2, 0) is 4.57 Å². The Morgan fingerprint density at radius 2 is 1.81 bits per heavy atom. The van der Waals surface area contributed by atoms with E-state index in [2.05, 4.69) is 0 Å². The minimum absolute atomic E-state index is 0.115. The SMILES string of the molecule is [B]C(O)(O)N(C)C1CC(c2c(C=O)cccc2OC(F)F)n2c1nc1ccc(-c3ccc(C(O)P(C)(C)=O)cc3)cc12. The summed E-state index contributed by atoms with van der Waals surface area (Å²) in [6.07, 6.45) is 0.673. The zero-order valence-electron chi connectivity index (χ0n) is 23.1. The molecule has 2 heterocycles. The molecule has 4 aromatic rings. The second kappa shape index (κ2) is 11.0. The van der Waals surface area contributed by atoms with E-state index in [1.807, 2.05) is 12.1 Å². The van der Waals surface area contributed by atoms with Gasteiger partial charge in [-0.2, -0.15) is 8.78 Å². The summed E-state index contributed by atoms with van der Waals surface area (Å²) in [7, 11) is 4.22. The summed E-state index contributed by atoms with van der Waals surface area (Å²) in [6.45, 7) is -0.105. The number of fused-ring (bicyclic) bond motifs is 3. The molecule has 0 amide bonds. The van der Waals surface area contributed by atoms with Crippen molar-refractivity contribution in [1.82, 2.24) is 14.5 Å². The van der Waals surface area contributed by atoms with E-state index in [-0.39, 0.29) is 23.3 Å². The van der Waals surface area contributed by atoms with Crippen LogP contribution in [0.25, 0.3) is 22.2 Å². The number of halogens is 2. The second-order valence-corrected chi connectivity index (χ2v) is 14.2. The Balaban J connectivity index is 1.68. The van der Waals surface area contributed by atoms with Crippen molar-refractivity contribution in [2.24, 2.45) is 0 Å². The molecular weight excluding hydrogens is 566 g/mol. The van der Waals surface area contributed by atoms with Crippen LogP contribution in [0.2, 0.25) is 0 Å². The lowest BCUT2D eigenvalue weighted by molar-refractivity contribution is -0.202. The van der Waals surface area contributed by atoms with Crippen molar-refractivity contribution >= 4 is 32.3 Å². The van der Waals surface area contributed by atoms with E-state index in [9.17, 15) is 33.5 Å². The number of aliphatic hydroxyl groups is 3. The number of imidazole rings is 1. The average molecular weight is 595 g/mol. The number of rotatable bonds is 9. The standard InChI is InChI=1S/C29H29BF2N3O6P/c1-34(29(30,38)39)23-14-22(25-19(15-36)5-4-6-24(25)41-28(31)32)35-21-13-18(11-12-20(21)33-26(23)35)16-7-9-17(10-8-16)27(37)42(2,3)40/h4-13,15,22-23,27-28,37-39H,14H2,1-3H3. The van der Waals surface area contributed by atoms with Gasteiger partial charge < -0.3 is 29.2 Å². The van der Waals surface area contributed by atoms with Crippen molar-refractivity contribution in [2.75, 3.05) is 20.4 Å². The number of alkyl halides is 2. The zero-order valence-corrected chi connectivity index (χ0v) is 24.0. The van der Waals surface area contributed by atoms with E-state index in [0.717, 1.165) is 16.0 Å². The van der Waals surface area contributed by atoms with Crippen LogP contribution in [0, 0.1) is 0 Å². The summed E-state index contributed by atoms with van der Waals surface area (Å²) in [5, 5.41) is 30.8. The number of carbonyl (C=O) groups excluding carboxylic acids is 1. The molecule has 1 aromatic heterocycles. The maximum absolute atomic E-state index is 13.4. The van der Waals surface area contributed by atoms with Crippen LogP contribution in [0.5, 0.6) is 5.75 Å². The minimum atomic E-state index is -3.14. The normalized spacial score (nSPS) is 18.0. The predicted octanol–water partition coefficient (Wildman–Crippen LogP) is 4.46. The summed E-state index contributed by atoms with van der Waals surface area (Å²) < 4.78 is 45.7. The summed E-state index contributed by atoms with van der Waals surface area (Å²) >= 11 is 0. The van der Waals surface area contributed by atoms with Crippen molar-refractivity contribution in [2.45, 2.75) is 36.8 Å². The third-order valence-electron chi connectivity index (χ3n) is 7.67. The molecule has 3 atom stereocenters. The largest absolute Gasteiger partial charge is 0.434 e. The Labute approximate surface area is 242 Å². The molecule has 0 fully saturated rings. The maximum Gasteiger partial charge on any atom is 0.387 e. The van der Waals surface area contributed by atoms with Crippen LogP contribution in [0.1, 0.15) is 51.7 Å². The van der Waals surface area contributed by atoms with Crippen molar-refractivity contribution < 1.29 is 38.2 Å². The van der Waals surface area contributed by atoms with E-state index >= 15 is 0 Å². The molecule has 0 bridgehead atoms. The number of carbonyl (C=O) groups is 1. The molecule has 3 N–H and O–H groups in total. The molecule has 218 valence electrons. The van der Waals surface area contributed by atoms with Gasteiger partial charge in [0.1, 0.15) is 24.6 Å². The van der Waals surface area contributed by atoms with E-state index < -0.39 is 37.5 Å². The van der Waals surface area contributed by atoms with Crippen LogP contribution in [0.4, 0.5) is 8.78 Å². The van der Waals surface area contributed by atoms with Crippen LogP contribution in [-0.4, -0.2) is 76.7 Å². The highest BCUT2D eigenvalue weighted by Crippen LogP contribution is 2.51. The average Bonchev–Trinajstić information content (AvgIpc) is 3.48. The first-order chi connectivity index (χ1) is 19.7. The molecule has 0 saturated heterocycles. The zero-order chi connectivity index (χ0) is 30.6. The number of hydrogen-bond acceptors (Lipinski definition) is 8. The number of aldehydes is 1. The molecule has 0 aliphatic carbocycles. The van der Waals surface area contributed by atoms with Crippen LogP contribution >= 0.6 is 7.14 Å². The fourth-order valence-electron chi connectivity index (χ4n) is 5.51. The van der Waals surface area contributed by atoms with Gasteiger partial charge in [0.05, 0.1) is 23.1 Å². The Bertz CT molecular complexity index is 1690. The first-order valence-electron chi connectivity index (χ1n) is 13.0. The molecule has 3 aromatic carbocycles. The first kappa shape index (κ1) is 30.1. The van der Waals surface area contributed by atoms with E-state index in [4.69, 9.17) is 17.6 Å². The van der Waals surface area contributed by atoms with Gasteiger partial charge in [0.2, 0.25) is 0 Å². The van der Waals surface area contributed by atoms with Gasteiger partial charge in [-0.15, -0.1) is 0 Å². The molecule has 1 aliphatic rings. The quantitative estimate of drug-likeness (QED) is 0.112. The summed E-state index contributed by atoms with van der Waals surface area (Å²) in [6, 6.07) is 15.2. The van der Waals surface area contributed by atoms with Crippen molar-refractivity contribution in [3.05, 3.63) is 83.2 Å². The van der Waals surface area contributed by atoms with E-state index in [1.165, 1.54) is 38.6 Å². The molecule has 42 heavy (non-hydrogen) atoms. The smallest absolute Gasteiger partial charge is 0.387 e. The molecule has 0 spiro atoms. The highest BCUT2D eigenvalue weighted by atomic mass is 31.2. The number of aromatic nitrogens is 2. The topological polar surface area (TPSA) is 125 Å². The van der Waals surface area contributed by atoms with Gasteiger partial charge in [0, 0.05) is 11.1 Å². The maximum atomic E-state index is 13.4. The van der Waals surface area contributed by atoms with Crippen LogP contribution < -0.4 is 4.74 Å². The van der Waals surface area contributed by atoms with Gasteiger partial charge in [0.15, 0.2) is 19.9 Å². The molecule has 2 radical (unpaired) electrons. The third kappa shape index (κ3) is 5.53. The van der Waals surface area contributed by atoms with Crippen molar-refractivity contribution in [3.8, 4) is 16.9 Å². The summed E-state index contributed by atoms with van der Waals surface area (Å²) in [5.74, 6) is -3.60. The Kier molecular flexibility index (Phi) is 7.89. The number of aliphatic hydroxyl groups excluding tert-OH is 1. The molecule has 1 aliphatic heterocycles. The van der Waals surface area contributed by atoms with E-state index in [1.54, 1.807) is 34.9 Å². The number of hydrogen-bond donors (Lipinski definition) is 3. The summed E-state index contributed by atoms with van der Waals surface area (Å²) in [5.41, 5.74) is 3.56. The fourth-order valence-corrected chi connectivity index (χ4v) is 6.40. The minimum Gasteiger partial charge on any atom is -0.434 e. The summed E-state index contributed by atoms with van der Waals surface area (Å²) in [4.78, 5) is 17.9. The van der Waals surface area contributed by atoms with E-state index in [0.29, 0.717) is 28.7 Å². The number of ether oxygens (including phenoxy) is 1. The number of benzene rings is 3. The van der Waals surface area contributed by atoms with Crippen molar-refractivity contribution in [3.63, 3.8) is 0 Å². The van der Waals surface area contributed by atoms with Crippen molar-refractivity contribution in [1.29, 1.82) is 0 Å². The third-order valence-corrected chi connectivity index (χ3v) is 9.14. The second-order valence-electron chi connectivity index (χ2n) is 10.8. The molecule has 0 saturated carbocycles. The first-order valence-corrected chi connectivity index (χ1v) is 15.7. The van der Waals surface area contributed by atoms with Gasteiger partial charge in [-0.25, -0.2) is 4.98 Å². The predicted molar refractivity (Wildman–Crippen MR) is 154 cm³/mol. The highest BCUT2D eigenvalue weighted by Gasteiger charge is 2.43. The van der Waals surface area contributed by atoms with Gasteiger partial charge >= 0.3 is 6.61 Å². The molecular formula is C29H29BF2N3O6P. The number of nitrogens with zero attached hydrogens (tertiary/aromatic N) is 3. The Morgan fingerprint density at radius 3 is 2.40 bits per heavy atom. The van der Waals surface area contributed by atoms with Crippen LogP contribution in [0.15, 0.2) is 60.7 Å². The molecule has 5 rings (SSSR count). The Hall–Kier alpha value is -3.41. The van der Waals surface area contributed by atoms with Gasteiger partial charge in [0.25, 0.3) is 0 Å². The van der Waals surface area contributed by atoms with Gasteiger partial charge in [-0.1, -0.05) is 42.5 Å². The lowest BCUT2D eigenvalue weighted by Crippen LogP contribution is -2.48. The fraction of sp³-hybridized carbons (Fsp3) is 0.310. The Morgan fingerprint density at radius 1 is 1.14 bits per heavy atom. The molecule has 3 unspecified atom stereocenters. The van der Waals surface area contributed by atoms with Gasteiger partial charge in [-0.05, 0) is 61.7 Å². The lowest BCUT2D eigenvalue weighted by atomic mass is 9.94. The van der Waals surface area contributed by atoms with Crippen LogP contribution in [0.3, 0.4) is 0 Å². The lowest BCUT2D eigenvalue weighted by Gasteiger charge is -2.33. The van der Waals surface area contributed by atoms with Gasteiger partial charge in [-0.3, -0.25) is 9.69 Å². The molecule has 9 nitrogen and oxygen atoms in total. The highest BCUT2D eigenvalue weighted by molar-refractivity contribution is 7.62.